The molecular formula is C19H24N2O4. The number of aliphatic carboxylic acids is 1. The van der Waals surface area contributed by atoms with E-state index < -0.39 is 12.0 Å². The zero-order valence-corrected chi connectivity index (χ0v) is 14.2. The molecule has 0 bridgehead atoms. The number of hydrogen-bond donors (Lipinski definition) is 2. The van der Waals surface area contributed by atoms with Crippen LogP contribution < -0.4 is 5.32 Å². The number of carboxylic acids is 1. The fraction of sp³-hybridized carbons (Fsp3) is 0.526. The van der Waals surface area contributed by atoms with Gasteiger partial charge in [-0.2, -0.15) is 0 Å². The fourth-order valence-electron chi connectivity index (χ4n) is 3.77. The summed E-state index contributed by atoms with van der Waals surface area (Å²) in [4.78, 5) is 37.7. The van der Waals surface area contributed by atoms with Crippen LogP contribution in [-0.2, 0) is 9.59 Å². The van der Waals surface area contributed by atoms with Crippen molar-refractivity contribution in [3.63, 3.8) is 0 Å². The molecule has 6 heteroatoms. The van der Waals surface area contributed by atoms with Gasteiger partial charge in [-0.25, -0.2) is 4.79 Å². The predicted octanol–water partition coefficient (Wildman–Crippen LogP) is 2.89. The monoisotopic (exact) mass is 344 g/mol. The first-order valence-corrected chi connectivity index (χ1v) is 9.01. The van der Waals surface area contributed by atoms with E-state index in [1.807, 2.05) is 0 Å². The second-order valence-corrected chi connectivity index (χ2v) is 6.90. The van der Waals surface area contributed by atoms with Gasteiger partial charge in [0.05, 0.1) is 0 Å². The summed E-state index contributed by atoms with van der Waals surface area (Å²) in [6.45, 7) is 0.453. The highest BCUT2D eigenvalue weighted by atomic mass is 16.4. The fourth-order valence-corrected chi connectivity index (χ4v) is 3.77. The largest absolute Gasteiger partial charge is 0.480 e. The maximum Gasteiger partial charge on any atom is 0.326 e. The van der Waals surface area contributed by atoms with Gasteiger partial charge in [0.1, 0.15) is 6.04 Å². The number of anilines is 1. The number of benzene rings is 1. The summed E-state index contributed by atoms with van der Waals surface area (Å²) in [5, 5.41) is 12.2. The van der Waals surface area contributed by atoms with Gasteiger partial charge in [-0.3, -0.25) is 9.59 Å². The first-order valence-electron chi connectivity index (χ1n) is 9.01. The summed E-state index contributed by atoms with van der Waals surface area (Å²) in [5.74, 6) is -1.21. The summed E-state index contributed by atoms with van der Waals surface area (Å²) in [7, 11) is 0. The van der Waals surface area contributed by atoms with E-state index in [0.717, 1.165) is 25.7 Å². The molecule has 1 aliphatic carbocycles. The Morgan fingerprint density at radius 1 is 1.04 bits per heavy atom. The first-order chi connectivity index (χ1) is 12.1. The average Bonchev–Trinajstić information content (AvgIpc) is 3.12. The molecule has 2 N–H and O–H groups in total. The van der Waals surface area contributed by atoms with Gasteiger partial charge in [-0.15, -0.1) is 0 Å². The lowest BCUT2D eigenvalue weighted by atomic mass is 9.88. The van der Waals surface area contributed by atoms with E-state index in [-0.39, 0.29) is 17.7 Å². The third kappa shape index (κ3) is 4.00. The minimum absolute atomic E-state index is 0.00823. The Bertz CT molecular complexity index is 667. The van der Waals surface area contributed by atoms with Crippen molar-refractivity contribution in [2.45, 2.75) is 51.0 Å². The van der Waals surface area contributed by atoms with Crippen LogP contribution in [0.2, 0.25) is 0 Å². The van der Waals surface area contributed by atoms with Gasteiger partial charge < -0.3 is 15.3 Å². The maximum absolute atomic E-state index is 12.7. The topological polar surface area (TPSA) is 86.7 Å². The molecular weight excluding hydrogens is 320 g/mol. The Hall–Kier alpha value is -2.37. The van der Waals surface area contributed by atoms with Gasteiger partial charge in [-0.1, -0.05) is 25.3 Å². The molecule has 1 aromatic carbocycles. The van der Waals surface area contributed by atoms with Crippen molar-refractivity contribution in [2.75, 3.05) is 11.9 Å². The van der Waals surface area contributed by atoms with Crippen LogP contribution in [0.15, 0.2) is 24.3 Å². The van der Waals surface area contributed by atoms with Crippen molar-refractivity contribution in [1.29, 1.82) is 0 Å². The number of carbonyl (C=O) groups excluding carboxylic acids is 2. The van der Waals surface area contributed by atoms with E-state index >= 15 is 0 Å². The number of rotatable bonds is 4. The van der Waals surface area contributed by atoms with Crippen LogP contribution in [0.4, 0.5) is 5.69 Å². The maximum atomic E-state index is 12.7. The van der Waals surface area contributed by atoms with Crippen molar-refractivity contribution < 1.29 is 19.5 Å². The van der Waals surface area contributed by atoms with Gasteiger partial charge in [0.15, 0.2) is 0 Å². The van der Waals surface area contributed by atoms with Crippen LogP contribution in [0.5, 0.6) is 0 Å². The first kappa shape index (κ1) is 17.5. The van der Waals surface area contributed by atoms with E-state index in [9.17, 15) is 19.5 Å². The van der Waals surface area contributed by atoms with E-state index in [1.165, 1.54) is 11.3 Å². The quantitative estimate of drug-likeness (QED) is 0.879. The summed E-state index contributed by atoms with van der Waals surface area (Å²) in [6.07, 6.45) is 6.37. The molecule has 1 saturated carbocycles. The van der Waals surface area contributed by atoms with Gasteiger partial charge >= 0.3 is 5.97 Å². The zero-order chi connectivity index (χ0) is 17.8. The Balaban J connectivity index is 1.69. The second kappa shape index (κ2) is 7.68. The molecule has 0 radical (unpaired) electrons. The van der Waals surface area contributed by atoms with Crippen molar-refractivity contribution in [1.82, 2.24) is 4.90 Å². The lowest BCUT2D eigenvalue weighted by molar-refractivity contribution is -0.141. The summed E-state index contributed by atoms with van der Waals surface area (Å²) >= 11 is 0. The van der Waals surface area contributed by atoms with E-state index in [2.05, 4.69) is 5.32 Å². The molecule has 1 atom stereocenters. The molecule has 1 heterocycles. The standard InChI is InChI=1S/C19H24N2O4/c22-17(13-6-2-1-3-7-13)20-15-9-4-8-14(12-15)18(23)21-11-5-10-16(21)19(24)25/h4,8-9,12-13,16H,1-3,5-7,10-11H2,(H,20,22)(H,24,25). The van der Waals surface area contributed by atoms with Crippen LogP contribution in [0.25, 0.3) is 0 Å². The number of likely N-dealkylation sites (tertiary alicyclic amines) is 1. The minimum atomic E-state index is -0.965. The third-order valence-electron chi connectivity index (χ3n) is 5.15. The highest BCUT2D eigenvalue weighted by Gasteiger charge is 2.34. The zero-order valence-electron chi connectivity index (χ0n) is 14.2. The predicted molar refractivity (Wildman–Crippen MR) is 93.3 cm³/mol. The smallest absolute Gasteiger partial charge is 0.326 e. The molecule has 0 spiro atoms. The van der Waals surface area contributed by atoms with Crippen LogP contribution >= 0.6 is 0 Å². The van der Waals surface area contributed by atoms with Crippen LogP contribution in [0, 0.1) is 5.92 Å². The summed E-state index contributed by atoms with van der Waals surface area (Å²) in [5.41, 5.74) is 1.00. The Kier molecular flexibility index (Phi) is 5.36. The van der Waals surface area contributed by atoms with Crippen molar-refractivity contribution in [2.24, 2.45) is 5.92 Å². The van der Waals surface area contributed by atoms with E-state index in [4.69, 9.17) is 0 Å². The second-order valence-electron chi connectivity index (χ2n) is 6.90. The molecule has 0 aromatic heterocycles. The lowest BCUT2D eigenvalue weighted by Gasteiger charge is -2.22. The van der Waals surface area contributed by atoms with Crippen LogP contribution in [0.3, 0.4) is 0 Å². The molecule has 134 valence electrons. The Morgan fingerprint density at radius 2 is 1.80 bits per heavy atom. The van der Waals surface area contributed by atoms with Crippen LogP contribution in [0.1, 0.15) is 55.3 Å². The lowest BCUT2D eigenvalue weighted by Crippen LogP contribution is -2.40. The molecule has 1 saturated heterocycles. The van der Waals surface area contributed by atoms with Crippen molar-refractivity contribution in [3.8, 4) is 0 Å². The summed E-state index contributed by atoms with van der Waals surface area (Å²) in [6, 6.07) is 6.02. The molecule has 3 rings (SSSR count). The van der Waals surface area contributed by atoms with Gasteiger partial charge in [0, 0.05) is 23.7 Å². The van der Waals surface area contributed by atoms with Crippen molar-refractivity contribution >= 4 is 23.5 Å². The van der Waals surface area contributed by atoms with Gasteiger partial charge in [0.2, 0.25) is 5.91 Å². The third-order valence-corrected chi connectivity index (χ3v) is 5.15. The molecule has 1 aromatic rings. The van der Waals surface area contributed by atoms with E-state index in [1.54, 1.807) is 24.3 Å². The van der Waals surface area contributed by atoms with Gasteiger partial charge in [-0.05, 0) is 43.9 Å². The molecule has 2 amide bonds. The minimum Gasteiger partial charge on any atom is -0.480 e. The Morgan fingerprint density at radius 3 is 2.52 bits per heavy atom. The number of carboxylic acid groups (broad SMARTS) is 1. The number of carbonyl (C=O) groups is 3. The number of hydrogen-bond acceptors (Lipinski definition) is 3. The summed E-state index contributed by atoms with van der Waals surface area (Å²) < 4.78 is 0. The molecule has 1 unspecified atom stereocenters. The van der Waals surface area contributed by atoms with Crippen molar-refractivity contribution in [3.05, 3.63) is 29.8 Å². The molecule has 1 aliphatic heterocycles. The van der Waals surface area contributed by atoms with E-state index in [0.29, 0.717) is 30.6 Å². The highest BCUT2D eigenvalue weighted by molar-refractivity contribution is 5.99. The number of nitrogens with one attached hydrogen (secondary N) is 1. The molecule has 6 nitrogen and oxygen atoms in total. The Labute approximate surface area is 147 Å². The highest BCUT2D eigenvalue weighted by Crippen LogP contribution is 2.26. The van der Waals surface area contributed by atoms with Crippen LogP contribution in [-0.4, -0.2) is 40.4 Å². The SMILES string of the molecule is O=C(Nc1cccc(C(=O)N2CCCC2C(=O)O)c1)C1CCCCC1. The molecule has 2 fully saturated rings. The average molecular weight is 344 g/mol. The molecule has 25 heavy (non-hydrogen) atoms. The number of nitrogens with zero attached hydrogens (tertiary/aromatic N) is 1. The molecule has 2 aliphatic rings. The number of amides is 2. The van der Waals surface area contributed by atoms with Gasteiger partial charge in [0.25, 0.3) is 5.91 Å². The normalized spacial score (nSPS) is 21.1.